The maximum absolute atomic E-state index is 12.5. The molecule has 0 radical (unpaired) electrons. The van der Waals surface area contributed by atoms with E-state index in [9.17, 15) is 9.59 Å². The highest BCUT2D eigenvalue weighted by atomic mass is 32.1. The van der Waals surface area contributed by atoms with Crippen LogP contribution in [-0.4, -0.2) is 35.6 Å². The molecule has 0 unspecified atom stereocenters. The van der Waals surface area contributed by atoms with Crippen LogP contribution in [0.4, 0.5) is 0 Å². The SMILES string of the molecule is O=C1CO[C@H]2C[C@@H](C(=O)NCc3cccc4ncsc34)CC[C@@H]2N1. The number of morpholine rings is 1. The molecule has 2 heterocycles. The van der Waals surface area contributed by atoms with Gasteiger partial charge in [-0.2, -0.15) is 0 Å². The van der Waals surface area contributed by atoms with Crippen LogP contribution in [-0.2, 0) is 20.9 Å². The molecule has 1 aliphatic carbocycles. The van der Waals surface area contributed by atoms with E-state index in [0.29, 0.717) is 13.0 Å². The van der Waals surface area contributed by atoms with Gasteiger partial charge in [0.2, 0.25) is 11.8 Å². The fraction of sp³-hybridized carbons (Fsp3) is 0.471. The Morgan fingerprint density at radius 2 is 2.33 bits per heavy atom. The molecule has 1 saturated carbocycles. The molecule has 2 aliphatic rings. The van der Waals surface area contributed by atoms with Crippen molar-refractivity contribution in [1.82, 2.24) is 15.6 Å². The number of hydrogen-bond acceptors (Lipinski definition) is 5. The summed E-state index contributed by atoms with van der Waals surface area (Å²) in [4.78, 5) is 28.2. The minimum Gasteiger partial charge on any atom is -0.366 e. The highest BCUT2D eigenvalue weighted by molar-refractivity contribution is 7.16. The number of ether oxygens (including phenoxy) is 1. The first-order chi connectivity index (χ1) is 11.7. The highest BCUT2D eigenvalue weighted by Crippen LogP contribution is 2.29. The van der Waals surface area contributed by atoms with Gasteiger partial charge in [0, 0.05) is 12.5 Å². The predicted octanol–water partition coefficient (Wildman–Crippen LogP) is 1.60. The van der Waals surface area contributed by atoms with E-state index in [2.05, 4.69) is 15.6 Å². The van der Waals surface area contributed by atoms with Crippen LogP contribution in [0.3, 0.4) is 0 Å². The van der Waals surface area contributed by atoms with E-state index in [4.69, 9.17) is 4.74 Å². The molecule has 0 spiro atoms. The van der Waals surface area contributed by atoms with Crippen LogP contribution in [0.5, 0.6) is 0 Å². The number of hydrogen-bond donors (Lipinski definition) is 2. The molecule has 2 amide bonds. The molecular formula is C17H19N3O3S. The van der Waals surface area contributed by atoms with Crippen LogP contribution in [0.2, 0.25) is 0 Å². The molecule has 1 aromatic carbocycles. The second-order valence-electron chi connectivity index (χ2n) is 6.37. The summed E-state index contributed by atoms with van der Waals surface area (Å²) in [5.41, 5.74) is 3.89. The Balaban J connectivity index is 1.37. The van der Waals surface area contributed by atoms with Gasteiger partial charge in [0.1, 0.15) is 6.61 Å². The second kappa shape index (κ2) is 6.49. The molecule has 1 aliphatic heterocycles. The third kappa shape index (κ3) is 3.01. The standard InChI is InChI=1S/C17H19N3O3S/c21-15-8-23-14-6-10(4-5-12(14)20-15)17(22)18-7-11-2-1-3-13-16(11)24-9-19-13/h1-3,9-10,12,14H,4-8H2,(H,18,22)(H,20,21)/t10-,12-,14-/m0/s1. The third-order valence-corrected chi connectivity index (χ3v) is 5.75. The van der Waals surface area contributed by atoms with E-state index in [1.54, 1.807) is 11.3 Å². The third-order valence-electron chi connectivity index (χ3n) is 4.83. The zero-order chi connectivity index (χ0) is 16.5. The number of rotatable bonds is 3. The number of thiazole rings is 1. The van der Waals surface area contributed by atoms with Crippen molar-refractivity contribution in [2.45, 2.75) is 38.0 Å². The molecule has 0 bridgehead atoms. The maximum Gasteiger partial charge on any atom is 0.246 e. The predicted molar refractivity (Wildman–Crippen MR) is 90.5 cm³/mol. The Morgan fingerprint density at radius 3 is 3.25 bits per heavy atom. The summed E-state index contributed by atoms with van der Waals surface area (Å²) in [7, 11) is 0. The van der Waals surface area contributed by atoms with Gasteiger partial charge in [-0.3, -0.25) is 9.59 Å². The van der Waals surface area contributed by atoms with Crippen molar-refractivity contribution in [3.8, 4) is 0 Å². The van der Waals surface area contributed by atoms with Crippen LogP contribution >= 0.6 is 11.3 Å². The van der Waals surface area contributed by atoms with Crippen LogP contribution in [0.15, 0.2) is 23.7 Å². The molecule has 1 saturated heterocycles. The lowest BCUT2D eigenvalue weighted by Gasteiger charge is -2.38. The quantitative estimate of drug-likeness (QED) is 0.885. The summed E-state index contributed by atoms with van der Waals surface area (Å²) in [6.07, 6.45) is 2.19. The van der Waals surface area contributed by atoms with Gasteiger partial charge in [-0.05, 0) is 30.9 Å². The van der Waals surface area contributed by atoms with Gasteiger partial charge < -0.3 is 15.4 Å². The second-order valence-corrected chi connectivity index (χ2v) is 7.22. The first-order valence-electron chi connectivity index (χ1n) is 8.20. The van der Waals surface area contributed by atoms with Gasteiger partial charge in [-0.25, -0.2) is 4.98 Å². The fourth-order valence-electron chi connectivity index (χ4n) is 3.56. The summed E-state index contributed by atoms with van der Waals surface area (Å²) in [5, 5.41) is 6.00. The van der Waals surface area contributed by atoms with Crippen molar-refractivity contribution in [3.63, 3.8) is 0 Å². The van der Waals surface area contributed by atoms with Gasteiger partial charge in [0.05, 0.1) is 27.9 Å². The number of aromatic nitrogens is 1. The molecule has 3 atom stereocenters. The number of carbonyl (C=O) groups is 2. The largest absolute Gasteiger partial charge is 0.366 e. The monoisotopic (exact) mass is 345 g/mol. The topological polar surface area (TPSA) is 80.3 Å². The molecule has 2 N–H and O–H groups in total. The smallest absolute Gasteiger partial charge is 0.246 e. The average Bonchev–Trinajstić information content (AvgIpc) is 3.08. The summed E-state index contributed by atoms with van der Waals surface area (Å²) in [6, 6.07) is 6.03. The van der Waals surface area contributed by atoms with E-state index >= 15 is 0 Å². The van der Waals surface area contributed by atoms with Gasteiger partial charge in [-0.1, -0.05) is 12.1 Å². The number of carbonyl (C=O) groups excluding carboxylic acids is 2. The lowest BCUT2D eigenvalue weighted by Crippen LogP contribution is -2.55. The van der Waals surface area contributed by atoms with E-state index in [-0.39, 0.29) is 36.5 Å². The first kappa shape index (κ1) is 15.5. The van der Waals surface area contributed by atoms with Gasteiger partial charge >= 0.3 is 0 Å². The molecule has 2 fully saturated rings. The van der Waals surface area contributed by atoms with Crippen molar-refractivity contribution in [2.75, 3.05) is 6.61 Å². The molecule has 24 heavy (non-hydrogen) atoms. The van der Waals surface area contributed by atoms with Gasteiger partial charge in [-0.15, -0.1) is 11.3 Å². The maximum atomic E-state index is 12.5. The first-order valence-corrected chi connectivity index (χ1v) is 9.08. The highest BCUT2D eigenvalue weighted by Gasteiger charge is 2.37. The Kier molecular flexibility index (Phi) is 4.20. The summed E-state index contributed by atoms with van der Waals surface area (Å²) in [6.45, 7) is 0.615. The van der Waals surface area contributed by atoms with E-state index in [1.165, 1.54) is 0 Å². The van der Waals surface area contributed by atoms with Crippen molar-refractivity contribution >= 4 is 33.4 Å². The summed E-state index contributed by atoms with van der Waals surface area (Å²) >= 11 is 1.59. The Hall–Kier alpha value is -1.99. The van der Waals surface area contributed by atoms with Gasteiger partial charge in [0.15, 0.2) is 0 Å². The lowest BCUT2D eigenvalue weighted by molar-refractivity contribution is -0.142. The number of amides is 2. The molecule has 2 aromatic rings. The normalized spacial score (nSPS) is 26.7. The van der Waals surface area contributed by atoms with Crippen molar-refractivity contribution in [1.29, 1.82) is 0 Å². The molecule has 7 heteroatoms. The van der Waals surface area contributed by atoms with E-state index < -0.39 is 0 Å². The summed E-state index contributed by atoms with van der Waals surface area (Å²) in [5.74, 6) is -0.0470. The summed E-state index contributed by atoms with van der Waals surface area (Å²) < 4.78 is 6.71. The number of nitrogens with one attached hydrogen (secondary N) is 2. The lowest BCUT2D eigenvalue weighted by atomic mass is 9.82. The molecule has 4 rings (SSSR count). The molecule has 1 aromatic heterocycles. The number of fused-ring (bicyclic) bond motifs is 2. The van der Waals surface area contributed by atoms with Crippen molar-refractivity contribution in [2.24, 2.45) is 5.92 Å². The van der Waals surface area contributed by atoms with Crippen LogP contribution in [0, 0.1) is 5.92 Å². The number of benzene rings is 1. The van der Waals surface area contributed by atoms with E-state index in [1.807, 2.05) is 23.7 Å². The average molecular weight is 345 g/mol. The zero-order valence-electron chi connectivity index (χ0n) is 13.2. The van der Waals surface area contributed by atoms with Crippen LogP contribution < -0.4 is 10.6 Å². The zero-order valence-corrected chi connectivity index (χ0v) is 14.0. The van der Waals surface area contributed by atoms with Crippen molar-refractivity contribution in [3.05, 3.63) is 29.3 Å². The molecule has 126 valence electrons. The minimum atomic E-state index is -0.0585. The molecule has 6 nitrogen and oxygen atoms in total. The Morgan fingerprint density at radius 1 is 1.42 bits per heavy atom. The number of nitrogens with zero attached hydrogens (tertiary/aromatic N) is 1. The van der Waals surface area contributed by atoms with Crippen LogP contribution in [0.25, 0.3) is 10.2 Å². The molecular weight excluding hydrogens is 326 g/mol. The van der Waals surface area contributed by atoms with Gasteiger partial charge in [0.25, 0.3) is 0 Å². The van der Waals surface area contributed by atoms with Crippen molar-refractivity contribution < 1.29 is 14.3 Å². The van der Waals surface area contributed by atoms with Crippen LogP contribution in [0.1, 0.15) is 24.8 Å². The minimum absolute atomic E-state index is 0.0443. The van der Waals surface area contributed by atoms with E-state index in [0.717, 1.165) is 28.6 Å². The Bertz CT molecular complexity index is 775. The Labute approximate surface area is 143 Å². The fourth-order valence-corrected chi connectivity index (χ4v) is 4.36.